The highest BCUT2D eigenvalue weighted by molar-refractivity contribution is 5.56. The summed E-state index contributed by atoms with van der Waals surface area (Å²) in [6, 6.07) is 16.5. The summed E-state index contributed by atoms with van der Waals surface area (Å²) in [6.45, 7) is 2.00. The van der Waals surface area contributed by atoms with E-state index in [1.54, 1.807) is 12.3 Å². The Morgan fingerprint density at radius 2 is 1.73 bits per heavy atom. The van der Waals surface area contributed by atoms with Crippen molar-refractivity contribution in [2.24, 2.45) is 0 Å². The van der Waals surface area contributed by atoms with Crippen LogP contribution in [-0.4, -0.2) is 9.97 Å². The summed E-state index contributed by atoms with van der Waals surface area (Å²) in [7, 11) is 0. The minimum atomic E-state index is -4.40. The molecule has 0 fully saturated rings. The number of alkyl halides is 3. The smallest absolute Gasteiger partial charge is 0.363 e. The molecule has 26 heavy (non-hydrogen) atoms. The second-order valence-electron chi connectivity index (χ2n) is 5.75. The summed E-state index contributed by atoms with van der Waals surface area (Å²) in [5, 5.41) is 6.06. The Bertz CT molecular complexity index is 866. The Morgan fingerprint density at radius 1 is 0.962 bits per heavy atom. The standard InChI is InChI=1S/C19H17F3N4/c1-13(14-6-3-2-4-7-14)24-17-10-11-23-18(26-17)25-16-9-5-8-15(12-16)19(20,21)22/h2-13H,1H3,(H2,23,24,25,26). The van der Waals surface area contributed by atoms with Crippen molar-refractivity contribution >= 4 is 17.5 Å². The third-order valence-corrected chi connectivity index (χ3v) is 3.77. The van der Waals surface area contributed by atoms with Gasteiger partial charge >= 0.3 is 6.18 Å². The molecule has 134 valence electrons. The molecule has 0 aliphatic carbocycles. The third-order valence-electron chi connectivity index (χ3n) is 3.77. The molecule has 0 radical (unpaired) electrons. The molecule has 0 aliphatic rings. The van der Waals surface area contributed by atoms with Gasteiger partial charge in [0.05, 0.1) is 5.56 Å². The normalized spacial score (nSPS) is 12.5. The van der Waals surface area contributed by atoms with Crippen LogP contribution in [0.5, 0.6) is 0 Å². The third kappa shape index (κ3) is 4.50. The maximum absolute atomic E-state index is 12.8. The van der Waals surface area contributed by atoms with E-state index in [2.05, 4.69) is 20.6 Å². The second-order valence-corrected chi connectivity index (χ2v) is 5.75. The number of hydrogen-bond acceptors (Lipinski definition) is 4. The van der Waals surface area contributed by atoms with E-state index in [0.29, 0.717) is 5.82 Å². The molecule has 0 saturated carbocycles. The van der Waals surface area contributed by atoms with E-state index >= 15 is 0 Å². The summed E-state index contributed by atoms with van der Waals surface area (Å²) < 4.78 is 38.4. The van der Waals surface area contributed by atoms with E-state index in [9.17, 15) is 13.2 Å². The fourth-order valence-electron chi connectivity index (χ4n) is 2.45. The number of aromatic nitrogens is 2. The zero-order chi connectivity index (χ0) is 18.6. The summed E-state index contributed by atoms with van der Waals surface area (Å²) in [5.41, 5.74) is 0.640. The topological polar surface area (TPSA) is 49.8 Å². The van der Waals surface area contributed by atoms with Crippen LogP contribution in [-0.2, 0) is 6.18 Å². The van der Waals surface area contributed by atoms with Crippen LogP contribution >= 0.6 is 0 Å². The first kappa shape index (κ1) is 17.7. The Balaban J connectivity index is 1.74. The number of benzene rings is 2. The van der Waals surface area contributed by atoms with Gasteiger partial charge in [-0.15, -0.1) is 0 Å². The van der Waals surface area contributed by atoms with Gasteiger partial charge in [0.2, 0.25) is 5.95 Å². The molecule has 0 spiro atoms. The second kappa shape index (κ2) is 7.43. The van der Waals surface area contributed by atoms with Crippen molar-refractivity contribution in [3.8, 4) is 0 Å². The van der Waals surface area contributed by atoms with E-state index in [-0.39, 0.29) is 17.7 Å². The van der Waals surface area contributed by atoms with Crippen LogP contribution in [0.1, 0.15) is 24.1 Å². The first-order chi connectivity index (χ1) is 12.4. The average Bonchev–Trinajstić information content (AvgIpc) is 2.62. The van der Waals surface area contributed by atoms with Gasteiger partial charge in [-0.1, -0.05) is 36.4 Å². The summed E-state index contributed by atoms with van der Waals surface area (Å²) in [6.07, 6.45) is -2.85. The molecule has 4 nitrogen and oxygen atoms in total. The van der Waals surface area contributed by atoms with E-state index in [4.69, 9.17) is 0 Å². The van der Waals surface area contributed by atoms with E-state index in [0.717, 1.165) is 17.7 Å². The van der Waals surface area contributed by atoms with Gasteiger partial charge in [0.1, 0.15) is 5.82 Å². The molecule has 2 N–H and O–H groups in total. The fraction of sp³-hybridized carbons (Fsp3) is 0.158. The molecule has 1 heterocycles. The highest BCUT2D eigenvalue weighted by atomic mass is 19.4. The largest absolute Gasteiger partial charge is 0.416 e. The van der Waals surface area contributed by atoms with Gasteiger partial charge in [0, 0.05) is 17.9 Å². The van der Waals surface area contributed by atoms with Gasteiger partial charge in [-0.2, -0.15) is 18.2 Å². The molecule has 0 aliphatic heterocycles. The minimum Gasteiger partial charge on any atom is -0.363 e. The maximum Gasteiger partial charge on any atom is 0.416 e. The van der Waals surface area contributed by atoms with Gasteiger partial charge in [-0.25, -0.2) is 4.98 Å². The first-order valence-electron chi connectivity index (χ1n) is 8.00. The first-order valence-corrected chi connectivity index (χ1v) is 8.00. The van der Waals surface area contributed by atoms with Crippen molar-refractivity contribution in [2.45, 2.75) is 19.1 Å². The zero-order valence-electron chi connectivity index (χ0n) is 14.0. The number of nitrogens with zero attached hydrogens (tertiary/aromatic N) is 2. The molecular weight excluding hydrogens is 341 g/mol. The SMILES string of the molecule is CC(Nc1ccnc(Nc2cccc(C(F)(F)F)c2)n1)c1ccccc1. The summed E-state index contributed by atoms with van der Waals surface area (Å²) >= 11 is 0. The zero-order valence-corrected chi connectivity index (χ0v) is 14.0. The lowest BCUT2D eigenvalue weighted by atomic mass is 10.1. The Hall–Kier alpha value is -3.09. The molecule has 3 rings (SSSR count). The minimum absolute atomic E-state index is 0.0208. The van der Waals surface area contributed by atoms with Crippen molar-refractivity contribution in [3.63, 3.8) is 0 Å². The van der Waals surface area contributed by atoms with Gasteiger partial charge in [-0.3, -0.25) is 0 Å². The van der Waals surface area contributed by atoms with Crippen molar-refractivity contribution in [1.82, 2.24) is 9.97 Å². The molecule has 7 heteroatoms. The van der Waals surface area contributed by atoms with Crippen molar-refractivity contribution < 1.29 is 13.2 Å². The van der Waals surface area contributed by atoms with Gasteiger partial charge < -0.3 is 10.6 Å². The van der Waals surface area contributed by atoms with Crippen LogP contribution in [0.25, 0.3) is 0 Å². The van der Waals surface area contributed by atoms with Gasteiger partial charge in [0.25, 0.3) is 0 Å². The number of halogens is 3. The molecule has 3 aromatic rings. The van der Waals surface area contributed by atoms with Crippen molar-refractivity contribution in [3.05, 3.63) is 78.0 Å². The van der Waals surface area contributed by atoms with Crippen LogP contribution in [0.4, 0.5) is 30.6 Å². The van der Waals surface area contributed by atoms with E-state index < -0.39 is 11.7 Å². The maximum atomic E-state index is 12.8. The highest BCUT2D eigenvalue weighted by Gasteiger charge is 2.30. The Kier molecular flexibility index (Phi) is 5.06. The molecule has 0 bridgehead atoms. The van der Waals surface area contributed by atoms with Gasteiger partial charge in [0.15, 0.2) is 0 Å². The lowest BCUT2D eigenvalue weighted by Crippen LogP contribution is -2.09. The number of rotatable bonds is 5. The quantitative estimate of drug-likeness (QED) is 0.640. The van der Waals surface area contributed by atoms with E-state index in [1.165, 1.54) is 12.1 Å². The molecule has 2 aromatic carbocycles. The predicted octanol–water partition coefficient (Wildman–Crippen LogP) is 5.41. The van der Waals surface area contributed by atoms with Crippen molar-refractivity contribution in [2.75, 3.05) is 10.6 Å². The predicted molar refractivity (Wildman–Crippen MR) is 95.2 cm³/mol. The van der Waals surface area contributed by atoms with Crippen molar-refractivity contribution in [1.29, 1.82) is 0 Å². The molecule has 0 amide bonds. The molecule has 1 aromatic heterocycles. The summed E-state index contributed by atoms with van der Waals surface area (Å²) in [5.74, 6) is 0.792. The average molecular weight is 358 g/mol. The Morgan fingerprint density at radius 3 is 2.46 bits per heavy atom. The van der Waals surface area contributed by atoms with E-state index in [1.807, 2.05) is 37.3 Å². The lowest BCUT2D eigenvalue weighted by Gasteiger charge is -2.15. The molecular formula is C19H17F3N4. The van der Waals surface area contributed by atoms with Crippen LogP contribution in [0.3, 0.4) is 0 Å². The lowest BCUT2D eigenvalue weighted by molar-refractivity contribution is -0.137. The van der Waals surface area contributed by atoms with Crippen LogP contribution in [0.15, 0.2) is 66.9 Å². The fourth-order valence-corrected chi connectivity index (χ4v) is 2.45. The molecule has 1 atom stereocenters. The van der Waals surface area contributed by atoms with Crippen LogP contribution in [0.2, 0.25) is 0 Å². The summed E-state index contributed by atoms with van der Waals surface area (Å²) in [4.78, 5) is 8.37. The molecule has 1 unspecified atom stereocenters. The van der Waals surface area contributed by atoms with Crippen LogP contribution < -0.4 is 10.6 Å². The number of hydrogen-bond donors (Lipinski definition) is 2. The molecule has 0 saturated heterocycles. The Labute approximate surface area is 149 Å². The van der Waals surface area contributed by atoms with Gasteiger partial charge in [-0.05, 0) is 36.8 Å². The highest BCUT2D eigenvalue weighted by Crippen LogP contribution is 2.31. The number of nitrogens with one attached hydrogen (secondary N) is 2. The monoisotopic (exact) mass is 358 g/mol. The number of anilines is 3. The van der Waals surface area contributed by atoms with Crippen LogP contribution in [0, 0.1) is 0 Å².